The third-order valence-corrected chi connectivity index (χ3v) is 5.17. The van der Waals surface area contributed by atoms with Crippen LogP contribution in [0.4, 0.5) is 0 Å². The highest BCUT2D eigenvalue weighted by Gasteiger charge is 2.26. The zero-order valence-corrected chi connectivity index (χ0v) is 15.0. The van der Waals surface area contributed by atoms with E-state index in [9.17, 15) is 4.79 Å². The molecule has 0 radical (unpaired) electrons. The standard InChI is InChI=1S/C20H23N5O/c1-16-19(13-22-25(16)18-5-3-2-4-6-18)20(26)24-10-7-17(8-11-24)14-23-12-9-21-15-23/h2-6,9,12-13,15,17H,7-8,10-11,14H2,1H3. The van der Waals surface area contributed by atoms with E-state index in [1.54, 1.807) is 6.20 Å². The van der Waals surface area contributed by atoms with Gasteiger partial charge in [-0.25, -0.2) is 9.67 Å². The van der Waals surface area contributed by atoms with Gasteiger partial charge in [0.2, 0.25) is 0 Å². The van der Waals surface area contributed by atoms with Crippen LogP contribution in [0.1, 0.15) is 28.9 Å². The van der Waals surface area contributed by atoms with Crippen LogP contribution in [0.25, 0.3) is 5.69 Å². The van der Waals surface area contributed by atoms with Gasteiger partial charge < -0.3 is 9.47 Å². The lowest BCUT2D eigenvalue weighted by Crippen LogP contribution is -2.39. The fourth-order valence-electron chi connectivity index (χ4n) is 3.63. The number of hydrogen-bond donors (Lipinski definition) is 0. The van der Waals surface area contributed by atoms with Crippen LogP contribution in [0, 0.1) is 12.8 Å². The van der Waals surface area contributed by atoms with E-state index in [0.29, 0.717) is 11.5 Å². The van der Waals surface area contributed by atoms with Crippen molar-refractivity contribution in [3.05, 3.63) is 66.5 Å². The fraction of sp³-hybridized carbons (Fsp3) is 0.350. The van der Waals surface area contributed by atoms with Crippen LogP contribution in [0.5, 0.6) is 0 Å². The highest BCUT2D eigenvalue weighted by molar-refractivity contribution is 5.95. The molecule has 1 aliphatic heterocycles. The molecular weight excluding hydrogens is 326 g/mol. The van der Waals surface area contributed by atoms with E-state index in [0.717, 1.165) is 43.9 Å². The van der Waals surface area contributed by atoms with Gasteiger partial charge in [0.15, 0.2) is 0 Å². The zero-order chi connectivity index (χ0) is 17.9. The van der Waals surface area contributed by atoms with Crippen molar-refractivity contribution in [2.45, 2.75) is 26.3 Å². The van der Waals surface area contributed by atoms with Gasteiger partial charge in [0, 0.05) is 32.0 Å². The molecule has 1 amide bonds. The number of carbonyl (C=O) groups excluding carboxylic acids is 1. The Bertz CT molecular complexity index is 861. The van der Waals surface area contributed by atoms with Crippen LogP contribution >= 0.6 is 0 Å². The Hall–Kier alpha value is -2.89. The van der Waals surface area contributed by atoms with Gasteiger partial charge in [-0.2, -0.15) is 5.10 Å². The molecule has 0 saturated carbocycles. The molecule has 6 nitrogen and oxygen atoms in total. The average Bonchev–Trinajstić information content (AvgIpc) is 3.32. The van der Waals surface area contributed by atoms with E-state index in [4.69, 9.17) is 0 Å². The van der Waals surface area contributed by atoms with Gasteiger partial charge in [-0.1, -0.05) is 18.2 Å². The van der Waals surface area contributed by atoms with Crippen LogP contribution in [0.2, 0.25) is 0 Å². The van der Waals surface area contributed by atoms with Crippen molar-refractivity contribution in [3.63, 3.8) is 0 Å². The van der Waals surface area contributed by atoms with Gasteiger partial charge in [-0.05, 0) is 37.8 Å². The summed E-state index contributed by atoms with van der Waals surface area (Å²) in [6.45, 7) is 4.54. The van der Waals surface area contributed by atoms with Crippen LogP contribution in [0.15, 0.2) is 55.2 Å². The molecule has 0 unspecified atom stereocenters. The van der Waals surface area contributed by atoms with Crippen LogP contribution < -0.4 is 0 Å². The smallest absolute Gasteiger partial charge is 0.257 e. The summed E-state index contributed by atoms with van der Waals surface area (Å²) in [7, 11) is 0. The van der Waals surface area contributed by atoms with E-state index in [1.165, 1.54) is 0 Å². The van der Waals surface area contributed by atoms with Crippen molar-refractivity contribution in [1.82, 2.24) is 24.2 Å². The first kappa shape index (κ1) is 16.6. The van der Waals surface area contributed by atoms with Crippen molar-refractivity contribution in [2.75, 3.05) is 13.1 Å². The fourth-order valence-corrected chi connectivity index (χ4v) is 3.63. The number of hydrogen-bond acceptors (Lipinski definition) is 3. The summed E-state index contributed by atoms with van der Waals surface area (Å²) < 4.78 is 3.95. The van der Waals surface area contributed by atoms with Crippen molar-refractivity contribution in [2.24, 2.45) is 5.92 Å². The molecule has 1 aliphatic rings. The number of amides is 1. The van der Waals surface area contributed by atoms with Gasteiger partial charge >= 0.3 is 0 Å². The lowest BCUT2D eigenvalue weighted by molar-refractivity contribution is 0.0682. The van der Waals surface area contributed by atoms with Crippen molar-refractivity contribution in [1.29, 1.82) is 0 Å². The normalized spacial score (nSPS) is 15.3. The van der Waals surface area contributed by atoms with Crippen molar-refractivity contribution >= 4 is 5.91 Å². The first-order valence-electron chi connectivity index (χ1n) is 9.07. The summed E-state index contributed by atoms with van der Waals surface area (Å²) in [5, 5.41) is 4.43. The lowest BCUT2D eigenvalue weighted by atomic mass is 9.96. The minimum absolute atomic E-state index is 0.0887. The number of benzene rings is 1. The second-order valence-electron chi connectivity index (χ2n) is 6.89. The second-order valence-corrected chi connectivity index (χ2v) is 6.89. The first-order valence-corrected chi connectivity index (χ1v) is 9.07. The number of rotatable bonds is 4. The molecule has 1 saturated heterocycles. The van der Waals surface area contributed by atoms with E-state index >= 15 is 0 Å². The molecule has 0 spiro atoms. The van der Waals surface area contributed by atoms with E-state index < -0.39 is 0 Å². The van der Waals surface area contributed by atoms with E-state index in [-0.39, 0.29) is 5.91 Å². The number of likely N-dealkylation sites (tertiary alicyclic amines) is 1. The van der Waals surface area contributed by atoms with Crippen LogP contribution in [0.3, 0.4) is 0 Å². The summed E-state index contributed by atoms with van der Waals surface area (Å²) in [5.74, 6) is 0.687. The lowest BCUT2D eigenvalue weighted by Gasteiger charge is -2.32. The molecule has 0 bridgehead atoms. The van der Waals surface area contributed by atoms with E-state index in [1.807, 2.05) is 65.6 Å². The maximum atomic E-state index is 12.9. The van der Waals surface area contributed by atoms with Gasteiger partial charge in [0.05, 0.1) is 29.5 Å². The maximum Gasteiger partial charge on any atom is 0.257 e. The minimum Gasteiger partial charge on any atom is -0.339 e. The van der Waals surface area contributed by atoms with Gasteiger partial charge in [0.25, 0.3) is 5.91 Å². The molecule has 6 heteroatoms. The predicted octanol–water partition coefficient (Wildman–Crippen LogP) is 2.93. The molecule has 1 fully saturated rings. The third kappa shape index (κ3) is 3.27. The summed E-state index contributed by atoms with van der Waals surface area (Å²) in [6.07, 6.45) is 9.41. The Morgan fingerprint density at radius 2 is 1.96 bits per heavy atom. The number of imidazole rings is 1. The third-order valence-electron chi connectivity index (χ3n) is 5.17. The minimum atomic E-state index is 0.0887. The van der Waals surface area contributed by atoms with Crippen LogP contribution in [-0.4, -0.2) is 43.2 Å². The Kier molecular flexibility index (Phi) is 4.56. The monoisotopic (exact) mass is 349 g/mol. The highest BCUT2D eigenvalue weighted by Crippen LogP contribution is 2.22. The SMILES string of the molecule is Cc1c(C(=O)N2CCC(Cn3ccnc3)CC2)cnn1-c1ccccc1. The number of nitrogens with zero attached hydrogens (tertiary/aromatic N) is 5. The van der Waals surface area contributed by atoms with Crippen molar-refractivity contribution < 1.29 is 4.79 Å². The second kappa shape index (κ2) is 7.15. The van der Waals surface area contributed by atoms with Gasteiger partial charge in [-0.3, -0.25) is 4.79 Å². The molecule has 0 N–H and O–H groups in total. The summed E-state index contributed by atoms with van der Waals surface area (Å²) in [6, 6.07) is 9.92. The number of carbonyl (C=O) groups is 1. The summed E-state index contributed by atoms with van der Waals surface area (Å²) >= 11 is 0. The molecule has 3 heterocycles. The Morgan fingerprint density at radius 3 is 2.65 bits per heavy atom. The molecule has 134 valence electrons. The van der Waals surface area contributed by atoms with Gasteiger partial charge in [-0.15, -0.1) is 0 Å². The highest BCUT2D eigenvalue weighted by atomic mass is 16.2. The zero-order valence-electron chi connectivity index (χ0n) is 15.0. The molecule has 1 aromatic carbocycles. The van der Waals surface area contributed by atoms with Crippen molar-refractivity contribution in [3.8, 4) is 5.69 Å². The van der Waals surface area contributed by atoms with Gasteiger partial charge in [0.1, 0.15) is 0 Å². The largest absolute Gasteiger partial charge is 0.339 e. The van der Waals surface area contributed by atoms with Crippen LogP contribution in [-0.2, 0) is 6.54 Å². The average molecular weight is 349 g/mol. The Morgan fingerprint density at radius 1 is 1.19 bits per heavy atom. The predicted molar refractivity (Wildman–Crippen MR) is 99.2 cm³/mol. The molecule has 2 aromatic heterocycles. The maximum absolute atomic E-state index is 12.9. The Labute approximate surface area is 153 Å². The van der Waals surface area contributed by atoms with E-state index in [2.05, 4.69) is 14.6 Å². The molecule has 26 heavy (non-hydrogen) atoms. The number of aromatic nitrogens is 4. The molecule has 4 rings (SSSR count). The Balaban J connectivity index is 1.42. The summed E-state index contributed by atoms with van der Waals surface area (Å²) in [4.78, 5) is 19.0. The summed E-state index contributed by atoms with van der Waals surface area (Å²) in [5.41, 5.74) is 2.56. The number of para-hydroxylation sites is 1. The molecular formula is C20H23N5O. The topological polar surface area (TPSA) is 56.0 Å². The molecule has 0 atom stereocenters. The number of piperidine rings is 1. The molecule has 0 aliphatic carbocycles. The first-order chi connectivity index (χ1) is 12.7. The quantitative estimate of drug-likeness (QED) is 0.728. The molecule has 3 aromatic rings.